The van der Waals surface area contributed by atoms with Gasteiger partial charge in [0.2, 0.25) is 0 Å². The number of hydrogen-bond acceptors (Lipinski definition) is 4. The summed E-state index contributed by atoms with van der Waals surface area (Å²) in [5, 5.41) is 1.30. The standard InChI is InChI=1S/C21H24ClN3OS.ClH/c1-14-11-15(2)19-18(12-14)27-21(23-19)25(10-6-9-24(3)4)20(26)16-7-5-8-17(22)13-16;/h5,7-8,11-13H,6,9-10H2,1-4H3;1H. The molecule has 0 fully saturated rings. The largest absolute Gasteiger partial charge is 0.309 e. The van der Waals surface area contributed by atoms with Crippen LogP contribution in [-0.4, -0.2) is 43.0 Å². The van der Waals surface area contributed by atoms with Gasteiger partial charge in [0.05, 0.1) is 10.2 Å². The minimum Gasteiger partial charge on any atom is -0.309 e. The minimum absolute atomic E-state index is 0. The maximum atomic E-state index is 13.2. The molecule has 0 saturated carbocycles. The first kappa shape index (κ1) is 22.6. The molecule has 0 radical (unpaired) electrons. The highest BCUT2D eigenvalue weighted by atomic mass is 35.5. The van der Waals surface area contributed by atoms with Crippen molar-refractivity contribution in [2.75, 3.05) is 32.1 Å². The fourth-order valence-corrected chi connectivity index (χ4v) is 4.44. The summed E-state index contributed by atoms with van der Waals surface area (Å²) in [5.41, 5.74) is 3.89. The molecule has 0 atom stereocenters. The van der Waals surface area contributed by atoms with E-state index in [0.717, 1.165) is 33.9 Å². The van der Waals surface area contributed by atoms with E-state index in [1.165, 1.54) is 5.56 Å². The number of aromatic nitrogens is 1. The minimum atomic E-state index is -0.0651. The van der Waals surface area contributed by atoms with Gasteiger partial charge in [-0.05, 0) is 76.3 Å². The first-order valence-electron chi connectivity index (χ1n) is 8.95. The number of benzene rings is 2. The molecular formula is C21H25Cl2N3OS. The van der Waals surface area contributed by atoms with Crippen molar-refractivity contribution < 1.29 is 4.79 Å². The number of fused-ring (bicyclic) bond motifs is 1. The summed E-state index contributed by atoms with van der Waals surface area (Å²) in [6, 6.07) is 11.4. The van der Waals surface area contributed by atoms with Crippen LogP contribution in [0, 0.1) is 13.8 Å². The Morgan fingerprint density at radius 3 is 2.57 bits per heavy atom. The summed E-state index contributed by atoms with van der Waals surface area (Å²) in [6.07, 6.45) is 0.868. The van der Waals surface area contributed by atoms with Crippen molar-refractivity contribution in [3.8, 4) is 0 Å². The summed E-state index contributed by atoms with van der Waals surface area (Å²) >= 11 is 7.66. The Morgan fingerprint density at radius 1 is 1.14 bits per heavy atom. The van der Waals surface area contributed by atoms with E-state index in [1.54, 1.807) is 40.5 Å². The second-order valence-electron chi connectivity index (χ2n) is 7.05. The van der Waals surface area contributed by atoms with E-state index < -0.39 is 0 Å². The normalized spacial score (nSPS) is 10.9. The van der Waals surface area contributed by atoms with Crippen LogP contribution in [-0.2, 0) is 0 Å². The lowest BCUT2D eigenvalue weighted by molar-refractivity contribution is 0.0986. The van der Waals surface area contributed by atoms with Gasteiger partial charge in [0, 0.05) is 17.1 Å². The molecule has 3 rings (SSSR count). The molecule has 4 nitrogen and oxygen atoms in total. The maximum absolute atomic E-state index is 13.2. The molecule has 0 bridgehead atoms. The average molecular weight is 438 g/mol. The second kappa shape index (κ2) is 9.70. The number of carbonyl (C=O) groups excluding carboxylic acids is 1. The van der Waals surface area contributed by atoms with E-state index in [9.17, 15) is 4.79 Å². The predicted molar refractivity (Wildman–Crippen MR) is 123 cm³/mol. The quantitative estimate of drug-likeness (QED) is 0.504. The zero-order chi connectivity index (χ0) is 19.6. The van der Waals surface area contributed by atoms with E-state index in [0.29, 0.717) is 17.1 Å². The number of amides is 1. The van der Waals surface area contributed by atoms with Crippen molar-refractivity contribution in [1.82, 2.24) is 9.88 Å². The highest BCUT2D eigenvalue weighted by Crippen LogP contribution is 2.32. The molecule has 150 valence electrons. The van der Waals surface area contributed by atoms with Crippen molar-refractivity contribution >= 4 is 56.6 Å². The van der Waals surface area contributed by atoms with Crippen LogP contribution in [0.4, 0.5) is 5.13 Å². The van der Waals surface area contributed by atoms with E-state index >= 15 is 0 Å². The molecule has 1 amide bonds. The molecule has 0 aliphatic carbocycles. The van der Waals surface area contributed by atoms with Crippen molar-refractivity contribution in [1.29, 1.82) is 0 Å². The Kier molecular flexibility index (Phi) is 7.84. The fraction of sp³-hybridized carbons (Fsp3) is 0.333. The van der Waals surface area contributed by atoms with Crippen molar-refractivity contribution in [2.45, 2.75) is 20.3 Å². The van der Waals surface area contributed by atoms with Crippen LogP contribution in [0.5, 0.6) is 0 Å². The van der Waals surface area contributed by atoms with E-state index in [1.807, 2.05) is 14.1 Å². The molecule has 1 heterocycles. The third-order valence-electron chi connectivity index (χ3n) is 4.35. The van der Waals surface area contributed by atoms with E-state index in [4.69, 9.17) is 16.6 Å². The fourth-order valence-electron chi connectivity index (χ4n) is 3.08. The molecule has 28 heavy (non-hydrogen) atoms. The molecule has 1 aromatic heterocycles. The van der Waals surface area contributed by atoms with Gasteiger partial charge in [-0.25, -0.2) is 4.98 Å². The summed E-state index contributed by atoms with van der Waals surface area (Å²) in [7, 11) is 4.07. The first-order chi connectivity index (χ1) is 12.8. The Labute approximate surface area is 181 Å². The van der Waals surface area contributed by atoms with Crippen LogP contribution < -0.4 is 4.90 Å². The number of rotatable bonds is 6. The Bertz CT molecular complexity index is 971. The van der Waals surface area contributed by atoms with Crippen LogP contribution in [0.25, 0.3) is 10.2 Å². The average Bonchev–Trinajstić information content (AvgIpc) is 3.02. The van der Waals surface area contributed by atoms with Crippen LogP contribution in [0.15, 0.2) is 36.4 Å². The third kappa shape index (κ3) is 5.23. The van der Waals surface area contributed by atoms with Crippen LogP contribution in [0.1, 0.15) is 27.9 Å². The zero-order valence-corrected chi connectivity index (χ0v) is 18.9. The molecule has 7 heteroatoms. The molecular weight excluding hydrogens is 413 g/mol. The van der Waals surface area contributed by atoms with Crippen molar-refractivity contribution in [2.24, 2.45) is 0 Å². The number of nitrogens with zero attached hydrogens (tertiary/aromatic N) is 3. The Hall–Kier alpha value is -1.66. The molecule has 0 spiro atoms. The van der Waals surface area contributed by atoms with Gasteiger partial charge in [-0.15, -0.1) is 12.4 Å². The van der Waals surface area contributed by atoms with Gasteiger partial charge in [0.25, 0.3) is 5.91 Å². The third-order valence-corrected chi connectivity index (χ3v) is 5.61. The van der Waals surface area contributed by atoms with Crippen LogP contribution in [0.2, 0.25) is 5.02 Å². The second-order valence-corrected chi connectivity index (χ2v) is 8.49. The molecule has 0 aliphatic rings. The topological polar surface area (TPSA) is 36.4 Å². The van der Waals surface area contributed by atoms with Crippen LogP contribution >= 0.6 is 35.3 Å². The molecule has 0 saturated heterocycles. The maximum Gasteiger partial charge on any atom is 0.260 e. The SMILES string of the molecule is Cc1cc(C)c2nc(N(CCCN(C)C)C(=O)c3cccc(Cl)c3)sc2c1.Cl. The molecule has 3 aromatic rings. The molecule has 0 N–H and O–H groups in total. The van der Waals surface area contributed by atoms with Gasteiger partial charge in [-0.1, -0.05) is 35.1 Å². The number of hydrogen-bond donors (Lipinski definition) is 0. The van der Waals surface area contributed by atoms with Gasteiger partial charge >= 0.3 is 0 Å². The molecule has 2 aromatic carbocycles. The van der Waals surface area contributed by atoms with Gasteiger partial charge in [0.15, 0.2) is 5.13 Å². The van der Waals surface area contributed by atoms with Crippen LogP contribution in [0.3, 0.4) is 0 Å². The predicted octanol–water partition coefficient (Wildman–Crippen LogP) is 5.59. The monoisotopic (exact) mass is 437 g/mol. The lowest BCUT2D eigenvalue weighted by atomic mass is 10.1. The summed E-state index contributed by atoms with van der Waals surface area (Å²) in [6.45, 7) is 5.66. The summed E-state index contributed by atoms with van der Waals surface area (Å²) in [5.74, 6) is -0.0651. The van der Waals surface area contributed by atoms with E-state index in [2.05, 4.69) is 30.9 Å². The van der Waals surface area contributed by atoms with Crippen molar-refractivity contribution in [3.63, 3.8) is 0 Å². The number of thiazole rings is 1. The molecule has 0 unspecified atom stereocenters. The van der Waals surface area contributed by atoms with Gasteiger partial charge in [-0.2, -0.15) is 0 Å². The smallest absolute Gasteiger partial charge is 0.260 e. The molecule has 0 aliphatic heterocycles. The van der Waals surface area contributed by atoms with Gasteiger partial charge in [-0.3, -0.25) is 9.69 Å². The first-order valence-corrected chi connectivity index (χ1v) is 10.1. The van der Waals surface area contributed by atoms with Crippen molar-refractivity contribution in [3.05, 3.63) is 58.1 Å². The highest BCUT2D eigenvalue weighted by molar-refractivity contribution is 7.22. The lowest BCUT2D eigenvalue weighted by Gasteiger charge is -2.21. The Morgan fingerprint density at radius 2 is 1.89 bits per heavy atom. The van der Waals surface area contributed by atoms with Gasteiger partial charge < -0.3 is 4.90 Å². The zero-order valence-electron chi connectivity index (χ0n) is 16.5. The number of anilines is 1. The lowest BCUT2D eigenvalue weighted by Crippen LogP contribution is -2.33. The van der Waals surface area contributed by atoms with E-state index in [-0.39, 0.29) is 18.3 Å². The summed E-state index contributed by atoms with van der Waals surface area (Å²) < 4.78 is 1.11. The Balaban J connectivity index is 0.00000280. The van der Waals surface area contributed by atoms with Gasteiger partial charge in [0.1, 0.15) is 0 Å². The number of halogens is 2. The number of carbonyl (C=O) groups is 1. The summed E-state index contributed by atoms with van der Waals surface area (Å²) in [4.78, 5) is 21.9. The number of aryl methyl sites for hydroxylation is 2. The highest BCUT2D eigenvalue weighted by Gasteiger charge is 2.22.